The predicted molar refractivity (Wildman–Crippen MR) is 155 cm³/mol. The number of hydrogen-bond acceptors (Lipinski definition) is 5. The van der Waals surface area contributed by atoms with Crippen LogP contribution in [-0.4, -0.2) is 39.5 Å². The predicted octanol–water partition coefficient (Wildman–Crippen LogP) is 6.85. The number of carbonyl (C=O) groups excluding carboxylic acids is 1. The van der Waals surface area contributed by atoms with Gasteiger partial charge in [0.2, 0.25) is 0 Å². The minimum Gasteiger partial charge on any atom is -0.410 e. The van der Waals surface area contributed by atoms with Crippen molar-refractivity contribution in [3.8, 4) is 0 Å². The smallest absolute Gasteiger partial charge is 0.410 e. The van der Waals surface area contributed by atoms with E-state index < -0.39 is 32.7 Å². The van der Waals surface area contributed by atoms with Gasteiger partial charge in [0.15, 0.2) is 8.32 Å². The van der Waals surface area contributed by atoms with Crippen LogP contribution >= 0.6 is 11.6 Å². The van der Waals surface area contributed by atoms with Gasteiger partial charge in [0.25, 0.3) is 0 Å². The Morgan fingerprint density at radius 3 is 2.30 bits per heavy atom. The maximum atomic E-state index is 12.5. The first kappa shape index (κ1) is 28.4. The number of nitrogens with zero attached hydrogens (tertiary/aromatic N) is 1. The quantitative estimate of drug-likeness (QED) is 0.295. The van der Waals surface area contributed by atoms with E-state index in [4.69, 9.17) is 25.3 Å². The third kappa shape index (κ3) is 5.31. The molecule has 2 aromatic carbocycles. The van der Waals surface area contributed by atoms with E-state index in [9.17, 15) is 4.79 Å². The molecule has 8 heteroatoms. The second kappa shape index (κ2) is 9.83. The molecular weight excluding hydrogens is 501 g/mol. The zero-order chi connectivity index (χ0) is 27.4. The van der Waals surface area contributed by atoms with Crippen molar-refractivity contribution < 1.29 is 18.5 Å². The van der Waals surface area contributed by atoms with Gasteiger partial charge in [-0.1, -0.05) is 62.7 Å². The van der Waals surface area contributed by atoms with Crippen LogP contribution in [-0.2, 0) is 18.5 Å². The number of anilines is 1. The Morgan fingerprint density at radius 1 is 1.11 bits per heavy atom. The summed E-state index contributed by atoms with van der Waals surface area (Å²) in [4.78, 5) is 14.6. The van der Waals surface area contributed by atoms with Crippen LogP contribution in [0, 0.1) is 0 Å². The molecule has 2 unspecified atom stereocenters. The first-order valence-electron chi connectivity index (χ1n) is 13.2. The van der Waals surface area contributed by atoms with Crippen molar-refractivity contribution in [3.05, 3.63) is 58.6 Å². The molecule has 4 rings (SSSR count). The van der Waals surface area contributed by atoms with E-state index >= 15 is 0 Å². The van der Waals surface area contributed by atoms with Gasteiger partial charge in [-0.2, -0.15) is 0 Å². The highest BCUT2D eigenvalue weighted by Gasteiger charge is 2.52. The van der Waals surface area contributed by atoms with E-state index in [0.29, 0.717) is 11.6 Å². The van der Waals surface area contributed by atoms with Crippen molar-refractivity contribution >= 4 is 44.5 Å². The van der Waals surface area contributed by atoms with Crippen LogP contribution in [0.2, 0.25) is 23.2 Å². The molecule has 2 heterocycles. The fourth-order valence-electron chi connectivity index (χ4n) is 4.72. The van der Waals surface area contributed by atoms with E-state index in [1.807, 2.05) is 24.3 Å². The number of rotatable bonds is 6. The SMILES string of the molecule is CC1(C)OB(c2ccc3c(c2)C(O[Si](C)(C)C(C)(C)C)CCN3C(C=O)c2ccccc2Cl)OC1(C)C. The summed E-state index contributed by atoms with van der Waals surface area (Å²) in [6.45, 7) is 20.3. The molecule has 0 aromatic heterocycles. The van der Waals surface area contributed by atoms with Crippen molar-refractivity contribution in [1.29, 1.82) is 0 Å². The number of carbonyl (C=O) groups is 1. The van der Waals surface area contributed by atoms with Gasteiger partial charge in [-0.15, -0.1) is 0 Å². The number of hydrogen-bond donors (Lipinski definition) is 0. The van der Waals surface area contributed by atoms with Gasteiger partial charge in [0.1, 0.15) is 12.3 Å². The summed E-state index contributed by atoms with van der Waals surface area (Å²) in [5.74, 6) is 0. The summed E-state index contributed by atoms with van der Waals surface area (Å²) >= 11 is 6.54. The lowest BCUT2D eigenvalue weighted by atomic mass is 9.77. The molecular formula is C29H41BClNO4Si. The third-order valence-electron chi connectivity index (χ3n) is 8.80. The highest BCUT2D eigenvalue weighted by molar-refractivity contribution is 6.74. The van der Waals surface area contributed by atoms with Gasteiger partial charge >= 0.3 is 7.12 Å². The van der Waals surface area contributed by atoms with Crippen LogP contribution in [0.25, 0.3) is 0 Å². The summed E-state index contributed by atoms with van der Waals surface area (Å²) in [7, 11) is -2.53. The number of halogens is 1. The van der Waals surface area contributed by atoms with Crippen molar-refractivity contribution in [2.75, 3.05) is 11.4 Å². The molecule has 0 spiro atoms. The molecule has 2 aliphatic rings. The van der Waals surface area contributed by atoms with Gasteiger partial charge in [-0.3, -0.25) is 0 Å². The summed E-state index contributed by atoms with van der Waals surface area (Å²) in [5.41, 5.74) is 2.98. The fourth-order valence-corrected chi connectivity index (χ4v) is 6.28. The van der Waals surface area contributed by atoms with E-state index in [1.165, 1.54) is 0 Å². The van der Waals surface area contributed by atoms with Crippen LogP contribution in [0.3, 0.4) is 0 Å². The normalized spacial score (nSPS) is 22.1. The maximum absolute atomic E-state index is 12.5. The fraction of sp³-hybridized carbons (Fsp3) is 0.552. The average molecular weight is 542 g/mol. The van der Waals surface area contributed by atoms with Gasteiger partial charge < -0.3 is 23.4 Å². The van der Waals surface area contributed by atoms with Crippen molar-refractivity contribution in [1.82, 2.24) is 0 Å². The highest BCUT2D eigenvalue weighted by atomic mass is 35.5. The first-order valence-corrected chi connectivity index (χ1v) is 16.5. The topological polar surface area (TPSA) is 48.0 Å². The Bertz CT molecular complexity index is 1150. The van der Waals surface area contributed by atoms with Crippen LogP contribution in [0.5, 0.6) is 0 Å². The lowest BCUT2D eigenvalue weighted by Crippen LogP contribution is -2.45. The lowest BCUT2D eigenvalue weighted by molar-refractivity contribution is -0.109. The zero-order valence-electron chi connectivity index (χ0n) is 23.7. The molecule has 1 fully saturated rings. The molecule has 0 N–H and O–H groups in total. The van der Waals surface area contributed by atoms with Crippen LogP contribution in [0.4, 0.5) is 5.69 Å². The number of fused-ring (bicyclic) bond motifs is 1. The van der Waals surface area contributed by atoms with Crippen LogP contribution < -0.4 is 10.4 Å². The minimum atomic E-state index is -2.06. The molecule has 0 aliphatic carbocycles. The number of benzene rings is 2. The monoisotopic (exact) mass is 541 g/mol. The molecule has 0 saturated carbocycles. The lowest BCUT2D eigenvalue weighted by Gasteiger charge is -2.44. The Hall–Kier alpha value is -1.64. The van der Waals surface area contributed by atoms with Crippen molar-refractivity contribution in [2.24, 2.45) is 0 Å². The third-order valence-corrected chi connectivity index (χ3v) is 13.6. The van der Waals surface area contributed by atoms with E-state index in [2.05, 4.69) is 84.7 Å². The second-order valence-corrected chi connectivity index (χ2v) is 18.0. The van der Waals surface area contributed by atoms with Crippen LogP contribution in [0.1, 0.15) is 78.2 Å². The van der Waals surface area contributed by atoms with Gasteiger partial charge in [-0.25, -0.2) is 0 Å². The highest BCUT2D eigenvalue weighted by Crippen LogP contribution is 2.46. The summed E-state index contributed by atoms with van der Waals surface area (Å²) in [5, 5.41) is 0.672. The molecule has 2 aliphatic heterocycles. The van der Waals surface area contributed by atoms with Gasteiger partial charge in [0, 0.05) is 28.4 Å². The Morgan fingerprint density at radius 2 is 1.73 bits per heavy atom. The Kier molecular flexibility index (Phi) is 7.54. The van der Waals surface area contributed by atoms with Crippen molar-refractivity contribution in [2.45, 2.75) is 96.4 Å². The molecule has 37 heavy (non-hydrogen) atoms. The molecule has 1 saturated heterocycles. The summed E-state index contributed by atoms with van der Waals surface area (Å²) in [6.07, 6.45) is 1.69. The second-order valence-electron chi connectivity index (χ2n) is 12.9. The molecule has 0 amide bonds. The van der Waals surface area contributed by atoms with E-state index in [-0.39, 0.29) is 11.1 Å². The Labute approximate surface area is 229 Å². The summed E-state index contributed by atoms with van der Waals surface area (Å²) in [6, 6.07) is 13.4. The molecule has 0 radical (unpaired) electrons. The first-order chi connectivity index (χ1) is 17.1. The molecule has 0 bridgehead atoms. The van der Waals surface area contributed by atoms with E-state index in [0.717, 1.165) is 35.0 Å². The van der Waals surface area contributed by atoms with Crippen molar-refractivity contribution in [3.63, 3.8) is 0 Å². The maximum Gasteiger partial charge on any atom is 0.494 e. The number of aldehydes is 1. The Balaban J connectivity index is 1.78. The largest absolute Gasteiger partial charge is 0.494 e. The van der Waals surface area contributed by atoms with Crippen LogP contribution in [0.15, 0.2) is 42.5 Å². The molecule has 5 nitrogen and oxygen atoms in total. The van der Waals surface area contributed by atoms with E-state index in [1.54, 1.807) is 0 Å². The zero-order valence-corrected chi connectivity index (χ0v) is 25.5. The van der Waals surface area contributed by atoms with Gasteiger partial charge in [-0.05, 0) is 69.8 Å². The minimum absolute atomic E-state index is 0.0759. The van der Waals surface area contributed by atoms with Gasteiger partial charge in [0.05, 0.1) is 17.3 Å². The molecule has 200 valence electrons. The molecule has 2 aromatic rings. The standard InChI is InChI=1S/C29H41BClNO4Si/c1-27(2,3)37(8,9)34-26-16-17-32(25(19-33)21-12-10-11-13-23(21)31)24-15-14-20(18-22(24)26)30-35-28(4,5)29(6,7)36-30/h10-15,18-19,25-26H,16-17H2,1-9H3. The average Bonchev–Trinajstić information content (AvgIpc) is 3.02. The summed E-state index contributed by atoms with van der Waals surface area (Å²) < 4.78 is 19.7. The molecule has 2 atom stereocenters.